The topological polar surface area (TPSA) is 45.8 Å². The molecule has 3 nitrogen and oxygen atoms in total. The van der Waals surface area contributed by atoms with E-state index in [2.05, 4.69) is 9.97 Å². The first-order valence-electron chi connectivity index (χ1n) is 8.10. The minimum atomic E-state index is 0.232. The zero-order chi connectivity index (χ0) is 17.8. The van der Waals surface area contributed by atoms with Crippen LogP contribution in [0.15, 0.2) is 36.4 Å². The average Bonchev–Trinajstić information content (AvgIpc) is 2.94. The molecule has 0 aliphatic carbocycles. The number of Topliss-reactive ketones (excluding diaryl/α,β-unsaturated/α-hetero) is 1. The molecule has 0 atom stereocenters. The number of hydrogen-bond acceptors (Lipinski definition) is 2. The average molecular weight is 396 g/mol. The number of nitrogens with one attached hydrogen (secondary N) is 1. The number of ketones is 1. The van der Waals surface area contributed by atoms with Crippen LogP contribution in [0.25, 0.3) is 11.0 Å². The van der Waals surface area contributed by atoms with Gasteiger partial charge in [0.1, 0.15) is 11.6 Å². The first-order chi connectivity index (χ1) is 12.0. The molecule has 0 amide bonds. The lowest BCUT2D eigenvalue weighted by Crippen LogP contribution is -2.01. The molecule has 3 aromatic rings. The molecule has 0 radical (unpaired) electrons. The highest BCUT2D eigenvalue weighted by atomic mass is 35.5. The first kappa shape index (κ1) is 18.2. The highest BCUT2D eigenvalue weighted by Gasteiger charge is 2.07. The number of aromatic amines is 1. The second-order valence-electron chi connectivity index (χ2n) is 6.01. The van der Waals surface area contributed by atoms with Crippen LogP contribution in [0, 0.1) is 0 Å². The van der Waals surface area contributed by atoms with Gasteiger partial charge in [-0.2, -0.15) is 0 Å². The normalized spacial score (nSPS) is 11.2. The number of carbonyl (C=O) groups excluding carboxylic acids is 1. The van der Waals surface area contributed by atoms with Crippen molar-refractivity contribution in [1.29, 1.82) is 0 Å². The Balaban J connectivity index is 1.47. The molecule has 0 spiro atoms. The summed E-state index contributed by atoms with van der Waals surface area (Å²) >= 11 is 17.9. The Labute approximate surface area is 161 Å². The van der Waals surface area contributed by atoms with Gasteiger partial charge < -0.3 is 4.98 Å². The number of halogens is 3. The molecule has 0 saturated heterocycles. The summed E-state index contributed by atoms with van der Waals surface area (Å²) in [5.41, 5.74) is 2.80. The Kier molecular flexibility index (Phi) is 6.00. The van der Waals surface area contributed by atoms with Crippen LogP contribution in [0.1, 0.15) is 30.7 Å². The lowest BCUT2D eigenvalue weighted by molar-refractivity contribution is -0.119. The third-order valence-corrected chi connectivity index (χ3v) is 4.65. The number of aryl methyl sites for hydroxylation is 2. The van der Waals surface area contributed by atoms with E-state index in [1.807, 2.05) is 30.3 Å². The maximum atomic E-state index is 12.1. The van der Waals surface area contributed by atoms with Gasteiger partial charge in [0, 0.05) is 34.3 Å². The zero-order valence-electron chi connectivity index (χ0n) is 13.5. The SMILES string of the molecule is O=C(CCCc1nc2ccc(Cl)cc2[nH]1)CCc1cc(Cl)cc(Cl)c1. The molecule has 6 heteroatoms. The van der Waals surface area contributed by atoms with Gasteiger partial charge in [-0.25, -0.2) is 4.98 Å². The molecule has 0 aliphatic heterocycles. The third kappa shape index (κ3) is 5.21. The van der Waals surface area contributed by atoms with E-state index in [-0.39, 0.29) is 5.78 Å². The Morgan fingerprint density at radius 3 is 2.44 bits per heavy atom. The molecule has 1 aromatic heterocycles. The Morgan fingerprint density at radius 2 is 1.68 bits per heavy atom. The van der Waals surface area contributed by atoms with Crippen LogP contribution < -0.4 is 0 Å². The standard InChI is InChI=1S/C19H17Cl3N2O/c20-13-5-7-17-18(11-13)24-19(23-17)3-1-2-16(25)6-4-12-8-14(21)10-15(22)9-12/h5,7-11H,1-4,6H2,(H,23,24). The van der Waals surface area contributed by atoms with Gasteiger partial charge in [0.2, 0.25) is 0 Å². The molecule has 0 unspecified atom stereocenters. The van der Waals surface area contributed by atoms with Crippen LogP contribution in [0.4, 0.5) is 0 Å². The molecular weight excluding hydrogens is 379 g/mol. The van der Waals surface area contributed by atoms with Crippen LogP contribution in [-0.4, -0.2) is 15.8 Å². The highest BCUT2D eigenvalue weighted by molar-refractivity contribution is 6.34. The van der Waals surface area contributed by atoms with Crippen molar-refractivity contribution in [3.8, 4) is 0 Å². The number of fused-ring (bicyclic) bond motifs is 1. The number of rotatable bonds is 7. The van der Waals surface area contributed by atoms with Gasteiger partial charge in [-0.3, -0.25) is 4.79 Å². The molecule has 1 N–H and O–H groups in total. The van der Waals surface area contributed by atoms with E-state index in [9.17, 15) is 4.79 Å². The highest BCUT2D eigenvalue weighted by Crippen LogP contribution is 2.21. The van der Waals surface area contributed by atoms with Crippen molar-refractivity contribution in [2.75, 3.05) is 0 Å². The minimum absolute atomic E-state index is 0.232. The largest absolute Gasteiger partial charge is 0.342 e. The monoisotopic (exact) mass is 394 g/mol. The molecule has 130 valence electrons. The summed E-state index contributed by atoms with van der Waals surface area (Å²) in [5, 5.41) is 1.87. The van der Waals surface area contributed by atoms with Crippen LogP contribution in [0.2, 0.25) is 15.1 Å². The van der Waals surface area contributed by atoms with E-state index >= 15 is 0 Å². The summed E-state index contributed by atoms with van der Waals surface area (Å²) in [4.78, 5) is 19.8. The zero-order valence-corrected chi connectivity index (χ0v) is 15.8. The summed E-state index contributed by atoms with van der Waals surface area (Å²) in [7, 11) is 0. The van der Waals surface area contributed by atoms with Crippen LogP contribution in [0.5, 0.6) is 0 Å². The molecule has 0 fully saturated rings. The quantitative estimate of drug-likeness (QED) is 0.529. The van der Waals surface area contributed by atoms with Crippen molar-refractivity contribution < 1.29 is 4.79 Å². The maximum absolute atomic E-state index is 12.1. The van der Waals surface area contributed by atoms with Gasteiger partial charge >= 0.3 is 0 Å². The number of H-pyrrole nitrogens is 1. The van der Waals surface area contributed by atoms with Crippen molar-refractivity contribution in [1.82, 2.24) is 9.97 Å². The fourth-order valence-electron chi connectivity index (χ4n) is 2.77. The van der Waals surface area contributed by atoms with Crippen molar-refractivity contribution in [2.24, 2.45) is 0 Å². The predicted octanol–water partition coefficient (Wildman–Crippen LogP) is 6.05. The predicted molar refractivity (Wildman–Crippen MR) is 104 cm³/mol. The van der Waals surface area contributed by atoms with Gasteiger partial charge in [-0.05, 0) is 54.8 Å². The molecular formula is C19H17Cl3N2O. The lowest BCUT2D eigenvalue weighted by Gasteiger charge is -2.03. The fraction of sp³-hybridized carbons (Fsp3) is 0.263. The number of carbonyl (C=O) groups is 1. The lowest BCUT2D eigenvalue weighted by atomic mass is 10.0. The molecule has 0 saturated carbocycles. The fourth-order valence-corrected chi connectivity index (χ4v) is 3.51. The van der Waals surface area contributed by atoms with E-state index in [0.29, 0.717) is 34.3 Å². The Bertz CT molecular complexity index is 885. The van der Waals surface area contributed by atoms with Gasteiger partial charge in [0.15, 0.2) is 0 Å². The van der Waals surface area contributed by atoms with E-state index in [0.717, 1.165) is 35.3 Å². The smallest absolute Gasteiger partial charge is 0.133 e. The van der Waals surface area contributed by atoms with Crippen LogP contribution >= 0.6 is 34.8 Å². The number of imidazole rings is 1. The van der Waals surface area contributed by atoms with E-state index < -0.39 is 0 Å². The maximum Gasteiger partial charge on any atom is 0.133 e. The molecule has 2 aromatic carbocycles. The summed E-state index contributed by atoms with van der Waals surface area (Å²) in [6.45, 7) is 0. The van der Waals surface area contributed by atoms with Gasteiger partial charge in [0.05, 0.1) is 11.0 Å². The van der Waals surface area contributed by atoms with Crippen LogP contribution in [0.3, 0.4) is 0 Å². The van der Waals surface area contributed by atoms with E-state index in [1.165, 1.54) is 0 Å². The summed E-state index contributed by atoms with van der Waals surface area (Å²) in [6, 6.07) is 10.9. The minimum Gasteiger partial charge on any atom is -0.342 e. The second kappa shape index (κ2) is 8.22. The summed E-state index contributed by atoms with van der Waals surface area (Å²) < 4.78 is 0. The number of hydrogen-bond donors (Lipinski definition) is 1. The van der Waals surface area contributed by atoms with Crippen molar-refractivity contribution in [3.63, 3.8) is 0 Å². The van der Waals surface area contributed by atoms with Crippen molar-refractivity contribution >= 4 is 51.6 Å². The molecule has 3 rings (SSSR count). The van der Waals surface area contributed by atoms with Gasteiger partial charge in [0.25, 0.3) is 0 Å². The Hall–Kier alpha value is -1.55. The van der Waals surface area contributed by atoms with Gasteiger partial charge in [-0.1, -0.05) is 34.8 Å². The van der Waals surface area contributed by atoms with E-state index in [1.54, 1.807) is 6.07 Å². The van der Waals surface area contributed by atoms with Crippen molar-refractivity contribution in [2.45, 2.75) is 32.1 Å². The molecule has 1 heterocycles. The van der Waals surface area contributed by atoms with Gasteiger partial charge in [-0.15, -0.1) is 0 Å². The number of aromatic nitrogens is 2. The van der Waals surface area contributed by atoms with Crippen molar-refractivity contribution in [3.05, 3.63) is 62.9 Å². The summed E-state index contributed by atoms with van der Waals surface area (Å²) in [6.07, 6.45) is 3.19. The Morgan fingerprint density at radius 1 is 0.920 bits per heavy atom. The first-order valence-corrected chi connectivity index (χ1v) is 9.24. The molecule has 0 aliphatic rings. The summed E-state index contributed by atoms with van der Waals surface area (Å²) in [5.74, 6) is 1.11. The molecule has 0 bridgehead atoms. The van der Waals surface area contributed by atoms with Crippen LogP contribution in [-0.2, 0) is 17.6 Å². The van der Waals surface area contributed by atoms with E-state index in [4.69, 9.17) is 34.8 Å². The second-order valence-corrected chi connectivity index (χ2v) is 7.32. The molecule has 25 heavy (non-hydrogen) atoms. The number of nitrogens with zero attached hydrogens (tertiary/aromatic N) is 1. The number of benzene rings is 2. The third-order valence-electron chi connectivity index (χ3n) is 3.98.